The van der Waals surface area contributed by atoms with E-state index in [4.69, 9.17) is 5.26 Å². The van der Waals surface area contributed by atoms with E-state index in [0.29, 0.717) is 16.9 Å². The number of benzene rings is 2. The Balaban J connectivity index is 2.02. The van der Waals surface area contributed by atoms with Gasteiger partial charge in [-0.15, -0.1) is 0 Å². The van der Waals surface area contributed by atoms with Gasteiger partial charge in [0, 0.05) is 12.4 Å². The zero-order chi connectivity index (χ0) is 24.6. The van der Waals surface area contributed by atoms with Crippen LogP contribution in [0.5, 0.6) is 0 Å². The minimum absolute atomic E-state index is 0.00243. The third-order valence-corrected chi connectivity index (χ3v) is 5.78. The van der Waals surface area contributed by atoms with E-state index >= 15 is 0 Å². The van der Waals surface area contributed by atoms with E-state index in [1.165, 1.54) is 30.1 Å². The highest BCUT2D eigenvalue weighted by Gasteiger charge is 2.31. The second-order valence-electron chi connectivity index (χ2n) is 7.27. The molecule has 0 aliphatic rings. The molecule has 0 saturated heterocycles. The lowest BCUT2D eigenvalue weighted by atomic mass is 10.1. The molecule has 0 bridgehead atoms. The van der Waals surface area contributed by atoms with Gasteiger partial charge in [-0.3, -0.25) is 13.9 Å². The molecule has 4 rings (SSSR count). The summed E-state index contributed by atoms with van der Waals surface area (Å²) in [6, 6.07) is 14.4. The fourth-order valence-corrected chi connectivity index (χ4v) is 4.13. The fraction of sp³-hybridized carbons (Fsp3) is 0.130. The summed E-state index contributed by atoms with van der Waals surface area (Å²) in [5.74, 6) is 0. The predicted octanol–water partition coefficient (Wildman–Crippen LogP) is 4.17. The average molecular weight is 530 g/mol. The van der Waals surface area contributed by atoms with Crippen molar-refractivity contribution >= 4 is 15.9 Å². The van der Waals surface area contributed by atoms with Crippen LogP contribution in [0.4, 0.5) is 13.2 Å². The summed E-state index contributed by atoms with van der Waals surface area (Å²) < 4.78 is 43.4. The number of nitrogens with zero attached hydrogens (tertiary/aromatic N) is 5. The highest BCUT2D eigenvalue weighted by molar-refractivity contribution is 9.08. The van der Waals surface area contributed by atoms with Crippen molar-refractivity contribution in [1.82, 2.24) is 18.9 Å². The van der Waals surface area contributed by atoms with E-state index in [1.54, 1.807) is 30.3 Å². The van der Waals surface area contributed by atoms with Crippen LogP contribution in [0.25, 0.3) is 22.6 Å². The molecule has 2 aromatic carbocycles. The molecule has 172 valence electrons. The molecule has 34 heavy (non-hydrogen) atoms. The van der Waals surface area contributed by atoms with E-state index in [2.05, 4.69) is 21.0 Å². The van der Waals surface area contributed by atoms with E-state index in [-0.39, 0.29) is 22.3 Å². The zero-order valence-electron chi connectivity index (χ0n) is 17.5. The smallest absolute Gasteiger partial charge is 0.268 e. The lowest BCUT2D eigenvalue weighted by molar-refractivity contribution is -0.137. The summed E-state index contributed by atoms with van der Waals surface area (Å²) in [6.45, 7) is 0. The van der Waals surface area contributed by atoms with Crippen LogP contribution in [0.2, 0.25) is 0 Å². The monoisotopic (exact) mass is 529 g/mol. The lowest BCUT2D eigenvalue weighted by Gasteiger charge is -2.18. The molecule has 11 heteroatoms. The van der Waals surface area contributed by atoms with Crippen molar-refractivity contribution in [3.05, 3.63) is 98.5 Å². The van der Waals surface area contributed by atoms with Gasteiger partial charge in [0.25, 0.3) is 5.56 Å². The van der Waals surface area contributed by atoms with Crippen LogP contribution >= 0.6 is 15.9 Å². The Bertz CT molecular complexity index is 1540. The van der Waals surface area contributed by atoms with Crippen LogP contribution in [0.15, 0.2) is 70.4 Å². The van der Waals surface area contributed by atoms with Gasteiger partial charge in [-0.05, 0) is 48.5 Å². The molecule has 2 heterocycles. The molecular weight excluding hydrogens is 515 g/mol. The first-order valence-electron chi connectivity index (χ1n) is 9.81. The van der Waals surface area contributed by atoms with Gasteiger partial charge < -0.3 is 0 Å². The minimum atomic E-state index is -4.61. The van der Waals surface area contributed by atoms with Crippen molar-refractivity contribution < 1.29 is 13.2 Å². The largest absolute Gasteiger partial charge is 0.416 e. The van der Waals surface area contributed by atoms with E-state index in [0.717, 1.165) is 21.3 Å². The second-order valence-corrected chi connectivity index (χ2v) is 7.83. The van der Waals surface area contributed by atoms with Gasteiger partial charge >= 0.3 is 11.9 Å². The number of rotatable bonds is 4. The highest BCUT2D eigenvalue weighted by Crippen LogP contribution is 2.31. The molecule has 4 aromatic rings. The van der Waals surface area contributed by atoms with E-state index < -0.39 is 23.0 Å². The predicted molar refractivity (Wildman–Crippen MR) is 122 cm³/mol. The minimum Gasteiger partial charge on any atom is -0.268 e. The third-order valence-electron chi connectivity index (χ3n) is 5.25. The van der Waals surface area contributed by atoms with Crippen LogP contribution in [0.3, 0.4) is 0 Å². The fourth-order valence-electron chi connectivity index (χ4n) is 3.60. The first-order valence-corrected chi connectivity index (χ1v) is 10.9. The van der Waals surface area contributed by atoms with Gasteiger partial charge in [-0.2, -0.15) is 23.5 Å². The number of alkyl halides is 4. The maximum atomic E-state index is 13.3. The standard InChI is InChI=1S/C23H15BrF3N5O2/c1-30-21(33)20(18-9-10-29-32(18)16-7-5-14(13-28)6-8-16)19(12-24)31(22(30)34)17-4-2-3-15(11-17)23(25,26)27/h2-11H,12H2,1H3. The maximum Gasteiger partial charge on any atom is 0.416 e. The van der Waals surface area contributed by atoms with Crippen LogP contribution in [0.1, 0.15) is 16.8 Å². The molecule has 7 nitrogen and oxygen atoms in total. The number of hydrogen-bond acceptors (Lipinski definition) is 4. The molecule has 0 atom stereocenters. The van der Waals surface area contributed by atoms with Gasteiger partial charge in [0.1, 0.15) is 0 Å². The maximum absolute atomic E-state index is 13.3. The first kappa shape index (κ1) is 23.3. The van der Waals surface area contributed by atoms with Crippen LogP contribution in [0, 0.1) is 11.3 Å². The van der Waals surface area contributed by atoms with Crippen molar-refractivity contribution in [3.8, 4) is 28.7 Å². The number of nitriles is 1. The molecule has 0 saturated carbocycles. The van der Waals surface area contributed by atoms with Gasteiger partial charge in [-0.25, -0.2) is 9.48 Å². The van der Waals surface area contributed by atoms with Crippen LogP contribution in [-0.4, -0.2) is 18.9 Å². The summed E-state index contributed by atoms with van der Waals surface area (Å²) in [6.07, 6.45) is -3.14. The topological polar surface area (TPSA) is 85.6 Å². The van der Waals surface area contributed by atoms with Crippen molar-refractivity contribution in [2.75, 3.05) is 0 Å². The molecular formula is C23H15BrF3N5O2. The normalized spacial score (nSPS) is 11.4. The van der Waals surface area contributed by atoms with Gasteiger partial charge in [0.15, 0.2) is 0 Å². The lowest BCUT2D eigenvalue weighted by Crippen LogP contribution is -2.40. The van der Waals surface area contributed by atoms with Gasteiger partial charge in [0.2, 0.25) is 0 Å². The average Bonchev–Trinajstić information content (AvgIpc) is 3.31. The number of aromatic nitrogens is 4. The van der Waals surface area contributed by atoms with Crippen molar-refractivity contribution in [1.29, 1.82) is 5.26 Å². The molecule has 0 amide bonds. The van der Waals surface area contributed by atoms with Crippen LogP contribution in [-0.2, 0) is 18.6 Å². The van der Waals surface area contributed by atoms with E-state index in [1.807, 2.05) is 6.07 Å². The van der Waals surface area contributed by atoms with Gasteiger partial charge in [-0.1, -0.05) is 22.0 Å². The summed E-state index contributed by atoms with van der Waals surface area (Å²) in [7, 11) is 1.26. The number of hydrogen-bond donors (Lipinski definition) is 0. The Labute approximate surface area is 199 Å². The highest BCUT2D eigenvalue weighted by atomic mass is 79.9. The van der Waals surface area contributed by atoms with Crippen LogP contribution < -0.4 is 11.2 Å². The zero-order valence-corrected chi connectivity index (χ0v) is 19.1. The number of halogens is 4. The molecule has 0 fully saturated rings. The molecule has 0 radical (unpaired) electrons. The summed E-state index contributed by atoms with van der Waals surface area (Å²) in [5, 5.41) is 13.3. The Morgan fingerprint density at radius 1 is 1.06 bits per heavy atom. The molecule has 0 N–H and O–H groups in total. The van der Waals surface area contributed by atoms with Crippen molar-refractivity contribution in [2.45, 2.75) is 11.5 Å². The third kappa shape index (κ3) is 3.97. The summed E-state index contributed by atoms with van der Waals surface area (Å²) in [5.41, 5.74) is -0.774. The SMILES string of the molecule is Cn1c(=O)c(-c2ccnn2-c2ccc(C#N)cc2)c(CBr)n(-c2cccc(C(F)(F)F)c2)c1=O. The quantitative estimate of drug-likeness (QED) is 0.371. The van der Waals surface area contributed by atoms with Gasteiger partial charge in [0.05, 0.1) is 51.7 Å². The second kappa shape index (κ2) is 8.79. The first-order chi connectivity index (χ1) is 16.2. The summed E-state index contributed by atoms with van der Waals surface area (Å²) >= 11 is 3.30. The van der Waals surface area contributed by atoms with Crippen molar-refractivity contribution in [2.24, 2.45) is 7.05 Å². The van der Waals surface area contributed by atoms with Crippen molar-refractivity contribution in [3.63, 3.8) is 0 Å². The molecule has 0 aliphatic heterocycles. The van der Waals surface area contributed by atoms with E-state index in [9.17, 15) is 22.8 Å². The molecule has 2 aromatic heterocycles. The Morgan fingerprint density at radius 2 is 1.76 bits per heavy atom. The summed E-state index contributed by atoms with van der Waals surface area (Å²) in [4.78, 5) is 26.3. The molecule has 0 aliphatic carbocycles. The molecule has 0 unspecified atom stereocenters. The Hall–Kier alpha value is -3.91. The molecule has 0 spiro atoms. The Kier molecular flexibility index (Phi) is 6.01. The Morgan fingerprint density at radius 3 is 2.38 bits per heavy atom.